The minimum atomic E-state index is 0.417. The Labute approximate surface area is 147 Å². The maximum Gasteiger partial charge on any atom is 0.169 e. The molecule has 0 saturated heterocycles. The van der Waals surface area contributed by atoms with Crippen molar-refractivity contribution in [2.75, 3.05) is 7.11 Å². The van der Waals surface area contributed by atoms with E-state index in [-0.39, 0.29) is 0 Å². The molecule has 0 bridgehead atoms. The van der Waals surface area contributed by atoms with Gasteiger partial charge in [0, 0.05) is 28.8 Å². The number of halogens is 2. The summed E-state index contributed by atoms with van der Waals surface area (Å²) in [5, 5.41) is 10.2. The van der Waals surface area contributed by atoms with Crippen LogP contribution in [0.1, 0.15) is 5.56 Å². The quantitative estimate of drug-likeness (QED) is 0.492. The summed E-state index contributed by atoms with van der Waals surface area (Å²) in [6, 6.07) is 7.61. The molecule has 5 nitrogen and oxygen atoms in total. The number of nitrogens with zero attached hydrogens (tertiary/aromatic N) is 4. The molecule has 0 amide bonds. The molecule has 0 aliphatic carbocycles. The van der Waals surface area contributed by atoms with E-state index in [1.54, 1.807) is 25.7 Å². The monoisotopic (exact) mass is 358 g/mol. The van der Waals surface area contributed by atoms with Crippen LogP contribution in [0.15, 0.2) is 36.8 Å². The first kappa shape index (κ1) is 15.2. The zero-order valence-electron chi connectivity index (χ0n) is 12.9. The van der Waals surface area contributed by atoms with Gasteiger partial charge in [-0.15, -0.1) is 10.2 Å². The van der Waals surface area contributed by atoms with Crippen molar-refractivity contribution in [2.24, 2.45) is 0 Å². The lowest BCUT2D eigenvalue weighted by Gasteiger charge is -2.14. The van der Waals surface area contributed by atoms with Crippen LogP contribution < -0.4 is 4.74 Å². The smallest absolute Gasteiger partial charge is 0.169 e. The van der Waals surface area contributed by atoms with Crippen molar-refractivity contribution in [2.45, 2.75) is 6.92 Å². The first-order valence-corrected chi connectivity index (χ1v) is 7.97. The number of aromatic nitrogens is 4. The predicted molar refractivity (Wildman–Crippen MR) is 95.0 cm³/mol. The average molecular weight is 359 g/mol. The van der Waals surface area contributed by atoms with E-state index in [0.29, 0.717) is 21.6 Å². The Bertz CT molecular complexity index is 1090. The summed E-state index contributed by atoms with van der Waals surface area (Å²) in [5.74, 6) is 0.615. The molecule has 4 aromatic rings. The van der Waals surface area contributed by atoms with Gasteiger partial charge in [0.1, 0.15) is 17.2 Å². The number of methoxy groups -OCH3 is 1. The van der Waals surface area contributed by atoms with Crippen molar-refractivity contribution in [1.82, 2.24) is 19.6 Å². The van der Waals surface area contributed by atoms with Gasteiger partial charge in [-0.3, -0.25) is 4.40 Å². The summed E-state index contributed by atoms with van der Waals surface area (Å²) in [7, 11) is 1.60. The molecule has 3 aromatic heterocycles. The zero-order chi connectivity index (χ0) is 16.8. The Morgan fingerprint density at radius 2 is 2.00 bits per heavy atom. The maximum absolute atomic E-state index is 6.57. The van der Waals surface area contributed by atoms with Gasteiger partial charge in [-0.25, -0.2) is 4.98 Å². The molecule has 120 valence electrons. The number of hydrogen-bond donors (Lipinski definition) is 0. The van der Waals surface area contributed by atoms with Crippen molar-refractivity contribution in [1.29, 1.82) is 0 Å². The van der Waals surface area contributed by atoms with Crippen molar-refractivity contribution in [3.05, 3.63) is 52.5 Å². The van der Waals surface area contributed by atoms with Gasteiger partial charge in [-0.05, 0) is 24.6 Å². The number of fused-ring (bicyclic) bond motifs is 3. The molecular formula is C17H12Cl2N4O. The Morgan fingerprint density at radius 3 is 2.79 bits per heavy atom. The molecule has 3 heterocycles. The van der Waals surface area contributed by atoms with Crippen LogP contribution in [-0.2, 0) is 0 Å². The number of rotatable bonds is 2. The number of aryl methyl sites for hydroxylation is 1. The van der Waals surface area contributed by atoms with Crippen molar-refractivity contribution in [3.8, 4) is 16.9 Å². The fraction of sp³-hybridized carbons (Fsp3) is 0.118. The van der Waals surface area contributed by atoms with E-state index in [1.165, 1.54) is 0 Å². The third kappa shape index (κ3) is 2.20. The van der Waals surface area contributed by atoms with Crippen molar-refractivity contribution < 1.29 is 4.74 Å². The van der Waals surface area contributed by atoms with Gasteiger partial charge in [0.15, 0.2) is 5.65 Å². The molecule has 0 aliphatic rings. The second kappa shape index (κ2) is 5.61. The first-order valence-electron chi connectivity index (χ1n) is 7.21. The summed E-state index contributed by atoms with van der Waals surface area (Å²) in [4.78, 5) is 4.17. The molecule has 0 aliphatic heterocycles. The molecule has 1 aromatic carbocycles. The molecule has 0 saturated carbocycles. The van der Waals surface area contributed by atoms with Crippen LogP contribution >= 0.6 is 23.2 Å². The zero-order valence-corrected chi connectivity index (χ0v) is 14.4. The second-order valence-electron chi connectivity index (χ2n) is 5.42. The third-order valence-corrected chi connectivity index (χ3v) is 4.61. The summed E-state index contributed by atoms with van der Waals surface area (Å²) in [5.41, 5.74) is 4.34. The molecule has 0 fully saturated rings. The molecule has 0 spiro atoms. The van der Waals surface area contributed by atoms with E-state index in [0.717, 1.165) is 27.6 Å². The molecule has 4 rings (SSSR count). The van der Waals surface area contributed by atoms with Crippen LogP contribution in [0.25, 0.3) is 27.7 Å². The van der Waals surface area contributed by atoms with E-state index in [1.807, 2.05) is 29.5 Å². The summed E-state index contributed by atoms with van der Waals surface area (Å²) in [6.45, 7) is 2.00. The Balaban J connectivity index is 2.14. The van der Waals surface area contributed by atoms with E-state index in [2.05, 4.69) is 15.2 Å². The molecule has 24 heavy (non-hydrogen) atoms. The topological polar surface area (TPSA) is 52.3 Å². The van der Waals surface area contributed by atoms with Gasteiger partial charge in [-0.1, -0.05) is 29.3 Å². The highest BCUT2D eigenvalue weighted by atomic mass is 35.5. The predicted octanol–water partition coefficient (Wildman–Crippen LogP) is 4.57. The Hall–Kier alpha value is -2.37. The van der Waals surface area contributed by atoms with Crippen molar-refractivity contribution in [3.63, 3.8) is 0 Å². The van der Waals surface area contributed by atoms with Crippen LogP contribution in [0.5, 0.6) is 5.75 Å². The fourth-order valence-electron chi connectivity index (χ4n) is 2.89. The highest BCUT2D eigenvalue weighted by Crippen LogP contribution is 2.40. The average Bonchev–Trinajstić information content (AvgIpc) is 3.05. The maximum atomic E-state index is 6.57. The number of benzene rings is 1. The minimum Gasteiger partial charge on any atom is -0.495 e. The first-order chi connectivity index (χ1) is 11.6. The van der Waals surface area contributed by atoms with E-state index in [9.17, 15) is 0 Å². The van der Waals surface area contributed by atoms with E-state index in [4.69, 9.17) is 27.9 Å². The van der Waals surface area contributed by atoms with Crippen LogP contribution in [0.2, 0.25) is 10.2 Å². The number of ether oxygens (including phenoxy) is 1. The van der Waals surface area contributed by atoms with Gasteiger partial charge < -0.3 is 4.74 Å². The van der Waals surface area contributed by atoms with Gasteiger partial charge in [0.05, 0.1) is 17.6 Å². The molecule has 0 N–H and O–H groups in total. The number of hydrogen-bond acceptors (Lipinski definition) is 4. The fourth-order valence-corrected chi connectivity index (χ4v) is 3.43. The molecular weight excluding hydrogens is 347 g/mol. The summed E-state index contributed by atoms with van der Waals surface area (Å²) >= 11 is 12.6. The lowest BCUT2D eigenvalue weighted by Crippen LogP contribution is -1.96. The van der Waals surface area contributed by atoms with Gasteiger partial charge in [0.25, 0.3) is 0 Å². The van der Waals surface area contributed by atoms with Gasteiger partial charge >= 0.3 is 0 Å². The lowest BCUT2D eigenvalue weighted by molar-refractivity contribution is 0.415. The van der Waals surface area contributed by atoms with E-state index < -0.39 is 0 Å². The summed E-state index contributed by atoms with van der Waals surface area (Å²) < 4.78 is 7.24. The van der Waals surface area contributed by atoms with Crippen LogP contribution in [0.4, 0.5) is 0 Å². The largest absolute Gasteiger partial charge is 0.495 e. The van der Waals surface area contributed by atoms with Crippen LogP contribution in [-0.4, -0.2) is 26.7 Å². The van der Waals surface area contributed by atoms with Crippen LogP contribution in [0.3, 0.4) is 0 Å². The van der Waals surface area contributed by atoms with Crippen molar-refractivity contribution >= 4 is 39.8 Å². The van der Waals surface area contributed by atoms with E-state index >= 15 is 0 Å². The highest BCUT2D eigenvalue weighted by molar-refractivity contribution is 6.35. The normalized spacial score (nSPS) is 11.3. The lowest BCUT2D eigenvalue weighted by atomic mass is 9.99. The summed E-state index contributed by atoms with van der Waals surface area (Å²) in [6.07, 6.45) is 3.38. The Morgan fingerprint density at radius 1 is 1.17 bits per heavy atom. The van der Waals surface area contributed by atoms with Gasteiger partial charge in [0.2, 0.25) is 0 Å². The third-order valence-electron chi connectivity index (χ3n) is 4.03. The SMILES string of the molecule is COc1ccc(C)c(-c2cc3cnc(Cl)cc3n3cnnc23)c1Cl. The Kier molecular flexibility index (Phi) is 3.55. The van der Waals surface area contributed by atoms with Gasteiger partial charge in [-0.2, -0.15) is 0 Å². The molecule has 7 heteroatoms. The number of pyridine rings is 2. The molecule has 0 unspecified atom stereocenters. The second-order valence-corrected chi connectivity index (χ2v) is 6.19. The molecule has 0 atom stereocenters. The highest BCUT2D eigenvalue weighted by Gasteiger charge is 2.18. The minimum absolute atomic E-state index is 0.417. The standard InChI is InChI=1S/C17H12Cl2N4O/c1-9-3-4-13(24-2)16(19)15(9)11-5-10-7-20-14(18)6-12(10)23-8-21-22-17(11)23/h3-8H,1-2H3. The molecule has 0 radical (unpaired) electrons. The van der Waals surface area contributed by atoms with Crippen LogP contribution in [0, 0.1) is 6.92 Å².